The highest BCUT2D eigenvalue weighted by molar-refractivity contribution is 5.81. The molecule has 8 heteroatoms. The Labute approximate surface area is 190 Å². The number of likely N-dealkylation sites (N-methyl/N-ethyl adjacent to an activating group) is 1. The van der Waals surface area contributed by atoms with Crippen LogP contribution in [0.4, 0.5) is 5.82 Å². The number of anilines is 1. The Bertz CT molecular complexity index is 942. The van der Waals surface area contributed by atoms with Gasteiger partial charge in [-0.2, -0.15) is 0 Å². The number of hydrogen-bond donors (Lipinski definition) is 1. The lowest BCUT2D eigenvalue weighted by atomic mass is 10.2. The molecule has 3 heterocycles. The third-order valence-electron chi connectivity index (χ3n) is 5.94. The monoisotopic (exact) mass is 438 g/mol. The summed E-state index contributed by atoms with van der Waals surface area (Å²) >= 11 is 0. The van der Waals surface area contributed by atoms with E-state index in [9.17, 15) is 4.79 Å². The van der Waals surface area contributed by atoms with E-state index in [2.05, 4.69) is 15.2 Å². The number of hydrogen-bond acceptors (Lipinski definition) is 7. The number of fused-ring (bicyclic) bond motifs is 1. The average molecular weight is 439 g/mol. The molecule has 1 saturated heterocycles. The van der Waals surface area contributed by atoms with E-state index in [0.29, 0.717) is 18.1 Å². The maximum Gasteiger partial charge on any atom is 0.239 e. The molecule has 2 aliphatic rings. The Morgan fingerprint density at radius 1 is 1.22 bits per heavy atom. The fourth-order valence-corrected chi connectivity index (χ4v) is 4.42. The van der Waals surface area contributed by atoms with Gasteiger partial charge in [0.2, 0.25) is 5.91 Å². The molecule has 1 fully saturated rings. The zero-order valence-electron chi connectivity index (χ0n) is 19.4. The summed E-state index contributed by atoms with van der Waals surface area (Å²) in [7, 11) is 1.91. The molecule has 0 aromatic carbocycles. The van der Waals surface area contributed by atoms with Gasteiger partial charge in [-0.15, -0.1) is 0 Å². The van der Waals surface area contributed by atoms with Crippen LogP contribution in [0.5, 0.6) is 5.75 Å². The molecule has 1 aliphatic heterocycles. The van der Waals surface area contributed by atoms with Gasteiger partial charge in [0.05, 0.1) is 6.54 Å². The van der Waals surface area contributed by atoms with Crippen molar-refractivity contribution in [1.82, 2.24) is 25.2 Å². The molecule has 1 aliphatic carbocycles. The molecule has 1 N–H and O–H groups in total. The van der Waals surface area contributed by atoms with Gasteiger partial charge in [0.25, 0.3) is 0 Å². The van der Waals surface area contributed by atoms with Crippen LogP contribution in [0.2, 0.25) is 0 Å². The summed E-state index contributed by atoms with van der Waals surface area (Å²) in [6.07, 6.45) is 7.23. The van der Waals surface area contributed by atoms with Crippen LogP contribution in [0.15, 0.2) is 18.3 Å². The number of likely N-dealkylation sites (tertiary alicyclic amines) is 1. The predicted molar refractivity (Wildman–Crippen MR) is 125 cm³/mol. The normalized spacial score (nSPS) is 15.8. The number of carbonyl (C=O) groups excluding carboxylic acids is 1. The minimum Gasteiger partial charge on any atom is -0.492 e. The van der Waals surface area contributed by atoms with Gasteiger partial charge in [-0.3, -0.25) is 14.7 Å². The van der Waals surface area contributed by atoms with Crippen molar-refractivity contribution >= 4 is 11.7 Å². The molecule has 0 unspecified atom stereocenters. The number of ether oxygens (including phenoxy) is 1. The van der Waals surface area contributed by atoms with E-state index in [1.54, 1.807) is 6.20 Å². The minimum absolute atomic E-state index is 0.0130. The third kappa shape index (κ3) is 5.54. The van der Waals surface area contributed by atoms with Crippen LogP contribution < -0.4 is 15.0 Å². The van der Waals surface area contributed by atoms with Crippen molar-refractivity contribution in [1.29, 1.82) is 0 Å². The molecule has 4 rings (SSSR count). The van der Waals surface area contributed by atoms with Crippen molar-refractivity contribution in [3.63, 3.8) is 0 Å². The lowest BCUT2D eigenvalue weighted by Gasteiger charge is -2.22. The van der Waals surface area contributed by atoms with Crippen molar-refractivity contribution in [2.24, 2.45) is 0 Å². The lowest BCUT2D eigenvalue weighted by Crippen LogP contribution is -2.39. The molecule has 2 aromatic heterocycles. The van der Waals surface area contributed by atoms with Crippen LogP contribution in [-0.2, 0) is 17.6 Å². The maximum atomic E-state index is 12.3. The molecule has 0 saturated carbocycles. The molecule has 0 spiro atoms. The quantitative estimate of drug-likeness (QED) is 0.644. The predicted octanol–water partition coefficient (Wildman–Crippen LogP) is 2.46. The average Bonchev–Trinajstić information content (AvgIpc) is 3.44. The zero-order valence-corrected chi connectivity index (χ0v) is 19.4. The van der Waals surface area contributed by atoms with Crippen molar-refractivity contribution in [3.05, 3.63) is 29.6 Å². The van der Waals surface area contributed by atoms with E-state index in [1.165, 1.54) is 25.9 Å². The number of nitrogens with one attached hydrogen (secondary N) is 1. The van der Waals surface area contributed by atoms with Gasteiger partial charge in [0.15, 0.2) is 5.82 Å². The van der Waals surface area contributed by atoms with Gasteiger partial charge in [-0.25, -0.2) is 9.97 Å². The highest BCUT2D eigenvalue weighted by Crippen LogP contribution is 2.31. The minimum atomic E-state index is -0.0130. The summed E-state index contributed by atoms with van der Waals surface area (Å²) < 4.78 is 5.99. The van der Waals surface area contributed by atoms with Crippen molar-refractivity contribution < 1.29 is 9.53 Å². The Morgan fingerprint density at radius 3 is 2.81 bits per heavy atom. The SMILES string of the molecule is CC(C)NC(=O)CN(C)c1nc(-c2cc(OCCN3CCCC3)ccn2)nc2c1CCC2. The van der Waals surface area contributed by atoms with E-state index >= 15 is 0 Å². The molecule has 0 atom stereocenters. The second-order valence-electron chi connectivity index (χ2n) is 9.00. The van der Waals surface area contributed by atoms with Crippen LogP contribution in [0.25, 0.3) is 11.5 Å². The largest absolute Gasteiger partial charge is 0.492 e. The summed E-state index contributed by atoms with van der Waals surface area (Å²) in [6, 6.07) is 3.90. The standard InChI is InChI=1S/C24H34N6O2/c1-17(2)26-22(31)16-29(3)24-19-7-6-8-20(19)27-23(28-24)21-15-18(9-10-25-21)32-14-13-30-11-4-5-12-30/h9-10,15,17H,4-8,11-14,16H2,1-3H3,(H,26,31). The summed E-state index contributed by atoms with van der Waals surface area (Å²) in [6.45, 7) is 8.12. The molecular formula is C24H34N6O2. The topological polar surface area (TPSA) is 83.5 Å². The third-order valence-corrected chi connectivity index (χ3v) is 5.94. The Balaban J connectivity index is 1.51. The fraction of sp³-hybridized carbons (Fsp3) is 0.583. The zero-order chi connectivity index (χ0) is 22.5. The van der Waals surface area contributed by atoms with Crippen LogP contribution >= 0.6 is 0 Å². The highest BCUT2D eigenvalue weighted by Gasteiger charge is 2.23. The highest BCUT2D eigenvalue weighted by atomic mass is 16.5. The van der Waals surface area contributed by atoms with Gasteiger partial charge in [-0.1, -0.05) is 0 Å². The molecule has 32 heavy (non-hydrogen) atoms. The smallest absolute Gasteiger partial charge is 0.239 e. The maximum absolute atomic E-state index is 12.3. The van der Waals surface area contributed by atoms with Gasteiger partial charge in [0, 0.05) is 43.2 Å². The van der Waals surface area contributed by atoms with E-state index < -0.39 is 0 Å². The number of amides is 1. The number of aromatic nitrogens is 3. The van der Waals surface area contributed by atoms with Crippen molar-refractivity contribution in [2.75, 3.05) is 44.7 Å². The van der Waals surface area contributed by atoms with E-state index in [-0.39, 0.29) is 18.5 Å². The second-order valence-corrected chi connectivity index (χ2v) is 9.00. The Morgan fingerprint density at radius 2 is 2.03 bits per heavy atom. The van der Waals surface area contributed by atoms with Gasteiger partial charge < -0.3 is 15.0 Å². The molecule has 0 bridgehead atoms. The first kappa shape index (κ1) is 22.5. The molecule has 1 amide bonds. The molecule has 2 aromatic rings. The summed E-state index contributed by atoms with van der Waals surface area (Å²) in [4.78, 5) is 30.8. The first-order chi connectivity index (χ1) is 15.5. The van der Waals surface area contributed by atoms with Gasteiger partial charge in [-0.05, 0) is 65.1 Å². The number of rotatable bonds is 9. The summed E-state index contributed by atoms with van der Waals surface area (Å²) in [5.74, 6) is 2.18. The fourth-order valence-electron chi connectivity index (χ4n) is 4.42. The number of nitrogens with zero attached hydrogens (tertiary/aromatic N) is 5. The first-order valence-corrected chi connectivity index (χ1v) is 11.7. The van der Waals surface area contributed by atoms with Crippen LogP contribution in [-0.4, -0.2) is 71.6 Å². The van der Waals surface area contributed by atoms with E-state index in [0.717, 1.165) is 48.6 Å². The number of aryl methyl sites for hydroxylation is 1. The summed E-state index contributed by atoms with van der Waals surface area (Å²) in [5.41, 5.74) is 2.90. The van der Waals surface area contributed by atoms with Crippen molar-refractivity contribution in [2.45, 2.75) is 52.0 Å². The van der Waals surface area contributed by atoms with Crippen LogP contribution in [0.1, 0.15) is 44.4 Å². The Hall–Kier alpha value is -2.74. The van der Waals surface area contributed by atoms with Crippen LogP contribution in [0.3, 0.4) is 0 Å². The first-order valence-electron chi connectivity index (χ1n) is 11.7. The Kier molecular flexibility index (Phi) is 7.19. The van der Waals surface area contributed by atoms with E-state index in [1.807, 2.05) is 37.9 Å². The van der Waals surface area contributed by atoms with Crippen molar-refractivity contribution in [3.8, 4) is 17.3 Å². The lowest BCUT2D eigenvalue weighted by molar-refractivity contribution is -0.120. The number of carbonyl (C=O) groups is 1. The van der Waals surface area contributed by atoms with E-state index in [4.69, 9.17) is 14.7 Å². The van der Waals surface area contributed by atoms with Gasteiger partial charge >= 0.3 is 0 Å². The summed E-state index contributed by atoms with van der Waals surface area (Å²) in [5, 5.41) is 2.95. The van der Waals surface area contributed by atoms with Crippen LogP contribution in [0, 0.1) is 0 Å². The molecule has 172 valence electrons. The molecule has 0 radical (unpaired) electrons. The van der Waals surface area contributed by atoms with Gasteiger partial charge in [0.1, 0.15) is 23.9 Å². The second kappa shape index (κ2) is 10.3. The molecule has 8 nitrogen and oxygen atoms in total. The number of pyridine rings is 1. The molecular weight excluding hydrogens is 404 g/mol.